The molecule has 0 aromatic rings. The van der Waals surface area contributed by atoms with Gasteiger partial charge in [-0.2, -0.15) is 0 Å². The number of hydrogen-bond acceptors (Lipinski definition) is 14. The van der Waals surface area contributed by atoms with Crippen molar-refractivity contribution in [2.24, 2.45) is 5.73 Å². The molecule has 10 atom stereocenters. The molecule has 2 aliphatic rings. The van der Waals surface area contributed by atoms with Crippen LogP contribution in [0.15, 0.2) is 0 Å². The van der Waals surface area contributed by atoms with Gasteiger partial charge in [0.05, 0.1) is 12.6 Å². The van der Waals surface area contributed by atoms with Crippen LogP contribution in [0.3, 0.4) is 0 Å². The van der Waals surface area contributed by atoms with E-state index in [0.717, 1.165) is 20.8 Å². The SMILES string of the molecule is CC(=O)OC[C@H]1O[C@@H](OC[C@H]2O[C@@H](O)[C@H](O)[C@@H](O)[C@H]2O)[C@H](N)[C@@H](OC(C)=O)[C@@H]1OC(C)=O. The quantitative estimate of drug-likeness (QED) is 0.180. The van der Waals surface area contributed by atoms with E-state index in [1.54, 1.807) is 0 Å². The van der Waals surface area contributed by atoms with Gasteiger partial charge in [-0.05, 0) is 0 Å². The Balaban J connectivity index is 2.17. The van der Waals surface area contributed by atoms with Crippen LogP contribution in [0, 0.1) is 0 Å². The molecule has 32 heavy (non-hydrogen) atoms. The van der Waals surface area contributed by atoms with Gasteiger partial charge in [0.15, 0.2) is 24.8 Å². The Morgan fingerprint density at radius 1 is 0.781 bits per heavy atom. The smallest absolute Gasteiger partial charge is 0.303 e. The van der Waals surface area contributed by atoms with Crippen molar-refractivity contribution in [1.82, 2.24) is 0 Å². The standard InChI is InChI=1S/C18H29NO13/c1-6(20)27-5-10-15(29-7(2)21)16(30-8(3)22)11(19)18(32-10)28-4-9-12(23)13(24)14(25)17(26)31-9/h9-18,23-26H,4-5,19H2,1-3H3/t9-,10-,11-,12+,13+,14-,15-,16-,17-,18-/m1/s1. The molecular weight excluding hydrogens is 438 g/mol. The van der Waals surface area contributed by atoms with Crippen molar-refractivity contribution in [3.05, 3.63) is 0 Å². The lowest BCUT2D eigenvalue weighted by Gasteiger charge is -2.44. The highest BCUT2D eigenvalue weighted by molar-refractivity contribution is 5.67. The third-order valence-electron chi connectivity index (χ3n) is 4.86. The second kappa shape index (κ2) is 11.3. The first-order chi connectivity index (χ1) is 14.9. The lowest BCUT2D eigenvalue weighted by Crippen LogP contribution is -2.65. The predicted molar refractivity (Wildman–Crippen MR) is 99.2 cm³/mol. The molecule has 14 heteroatoms. The van der Waals surface area contributed by atoms with Crippen molar-refractivity contribution in [3.63, 3.8) is 0 Å². The minimum Gasteiger partial charge on any atom is -0.463 e. The van der Waals surface area contributed by atoms with Gasteiger partial charge in [-0.25, -0.2) is 0 Å². The lowest BCUT2D eigenvalue weighted by molar-refractivity contribution is -0.311. The summed E-state index contributed by atoms with van der Waals surface area (Å²) in [4.78, 5) is 34.4. The number of carbonyl (C=O) groups is 3. The maximum Gasteiger partial charge on any atom is 0.303 e. The Hall–Kier alpha value is -1.91. The first-order valence-corrected chi connectivity index (χ1v) is 9.80. The summed E-state index contributed by atoms with van der Waals surface area (Å²) in [5, 5.41) is 39.0. The van der Waals surface area contributed by atoms with Gasteiger partial charge in [0.25, 0.3) is 0 Å². The maximum atomic E-state index is 11.6. The van der Waals surface area contributed by atoms with E-state index in [9.17, 15) is 34.8 Å². The van der Waals surface area contributed by atoms with Crippen molar-refractivity contribution in [1.29, 1.82) is 0 Å². The van der Waals surface area contributed by atoms with Crippen LogP contribution in [0.2, 0.25) is 0 Å². The molecule has 0 saturated carbocycles. The van der Waals surface area contributed by atoms with E-state index in [-0.39, 0.29) is 6.61 Å². The summed E-state index contributed by atoms with van der Waals surface area (Å²) in [7, 11) is 0. The van der Waals surface area contributed by atoms with Gasteiger partial charge in [0, 0.05) is 20.8 Å². The topological polar surface area (TPSA) is 214 Å². The Labute approximate surface area is 183 Å². The van der Waals surface area contributed by atoms with E-state index >= 15 is 0 Å². The van der Waals surface area contributed by atoms with E-state index in [1.807, 2.05) is 0 Å². The first-order valence-electron chi connectivity index (χ1n) is 9.80. The van der Waals surface area contributed by atoms with E-state index in [4.69, 9.17) is 34.2 Å². The van der Waals surface area contributed by atoms with Crippen LogP contribution in [0.25, 0.3) is 0 Å². The summed E-state index contributed by atoms with van der Waals surface area (Å²) < 4.78 is 31.6. The third kappa shape index (κ3) is 6.55. The third-order valence-corrected chi connectivity index (χ3v) is 4.86. The fourth-order valence-corrected chi connectivity index (χ4v) is 3.34. The number of carbonyl (C=O) groups excluding carboxylic acids is 3. The van der Waals surface area contributed by atoms with Crippen LogP contribution in [-0.2, 0) is 42.8 Å². The Bertz CT molecular complexity index is 675. The maximum absolute atomic E-state index is 11.6. The fourth-order valence-electron chi connectivity index (χ4n) is 3.34. The summed E-state index contributed by atoms with van der Waals surface area (Å²) in [6, 6.07) is -1.20. The van der Waals surface area contributed by atoms with E-state index < -0.39 is 85.9 Å². The highest BCUT2D eigenvalue weighted by Gasteiger charge is 2.50. The van der Waals surface area contributed by atoms with Crippen LogP contribution in [-0.4, -0.2) is 113 Å². The number of rotatable bonds is 7. The lowest BCUT2D eigenvalue weighted by atomic mass is 9.96. The minimum atomic E-state index is -1.78. The molecule has 2 aliphatic heterocycles. The van der Waals surface area contributed by atoms with Gasteiger partial charge in [0.2, 0.25) is 0 Å². The van der Waals surface area contributed by atoms with Crippen molar-refractivity contribution >= 4 is 17.9 Å². The highest BCUT2D eigenvalue weighted by atomic mass is 16.7. The Morgan fingerprint density at radius 2 is 1.38 bits per heavy atom. The van der Waals surface area contributed by atoms with Crippen LogP contribution in [0.1, 0.15) is 20.8 Å². The number of esters is 3. The molecule has 0 bridgehead atoms. The summed E-state index contributed by atoms with van der Waals surface area (Å²) in [6.07, 6.45) is -13.0. The van der Waals surface area contributed by atoms with Gasteiger partial charge in [-0.1, -0.05) is 0 Å². The summed E-state index contributed by atoms with van der Waals surface area (Å²) in [6.45, 7) is 2.54. The number of aliphatic hydroxyl groups excluding tert-OH is 4. The first kappa shape index (κ1) is 26.3. The number of aliphatic hydroxyl groups is 4. The molecule has 0 aromatic carbocycles. The summed E-state index contributed by atoms with van der Waals surface area (Å²) >= 11 is 0. The Kier molecular flexibility index (Phi) is 9.29. The van der Waals surface area contributed by atoms with Crippen molar-refractivity contribution < 1.29 is 63.2 Å². The van der Waals surface area contributed by atoms with Gasteiger partial charge >= 0.3 is 17.9 Å². The van der Waals surface area contributed by atoms with E-state index in [2.05, 4.69) is 0 Å². The van der Waals surface area contributed by atoms with Crippen LogP contribution < -0.4 is 5.73 Å². The molecule has 0 spiro atoms. The van der Waals surface area contributed by atoms with E-state index in [0.29, 0.717) is 0 Å². The van der Waals surface area contributed by atoms with Gasteiger partial charge in [-0.3, -0.25) is 14.4 Å². The summed E-state index contributed by atoms with van der Waals surface area (Å²) in [5.41, 5.74) is 6.11. The molecule has 184 valence electrons. The zero-order chi connectivity index (χ0) is 24.2. The molecule has 2 heterocycles. The molecule has 0 unspecified atom stereocenters. The van der Waals surface area contributed by atoms with Gasteiger partial charge in [0.1, 0.15) is 37.1 Å². The molecule has 0 amide bonds. The second-order valence-electron chi connectivity index (χ2n) is 7.44. The number of nitrogens with two attached hydrogens (primary N) is 1. The van der Waals surface area contributed by atoms with E-state index in [1.165, 1.54) is 0 Å². The van der Waals surface area contributed by atoms with Crippen molar-refractivity contribution in [3.8, 4) is 0 Å². The molecule has 14 nitrogen and oxygen atoms in total. The fraction of sp³-hybridized carbons (Fsp3) is 0.833. The largest absolute Gasteiger partial charge is 0.463 e. The monoisotopic (exact) mass is 467 g/mol. The van der Waals surface area contributed by atoms with Gasteiger partial charge < -0.3 is 54.6 Å². The molecule has 2 fully saturated rings. The van der Waals surface area contributed by atoms with Gasteiger partial charge in [-0.15, -0.1) is 0 Å². The van der Waals surface area contributed by atoms with Crippen LogP contribution >= 0.6 is 0 Å². The van der Waals surface area contributed by atoms with Crippen LogP contribution in [0.5, 0.6) is 0 Å². The average Bonchev–Trinajstić information content (AvgIpc) is 2.70. The molecule has 0 radical (unpaired) electrons. The van der Waals surface area contributed by atoms with Crippen molar-refractivity contribution in [2.45, 2.75) is 82.1 Å². The predicted octanol–water partition coefficient (Wildman–Crippen LogP) is -3.72. The molecular formula is C18H29NO13. The molecule has 0 aliphatic carbocycles. The highest BCUT2D eigenvalue weighted by Crippen LogP contribution is 2.28. The second-order valence-corrected chi connectivity index (χ2v) is 7.44. The normalized spacial score (nSPS) is 39.8. The van der Waals surface area contributed by atoms with Crippen molar-refractivity contribution in [2.75, 3.05) is 13.2 Å². The molecule has 6 N–H and O–H groups in total. The molecule has 2 saturated heterocycles. The average molecular weight is 467 g/mol. The zero-order valence-electron chi connectivity index (χ0n) is 17.7. The Morgan fingerprint density at radius 3 is 1.94 bits per heavy atom. The minimum absolute atomic E-state index is 0.385. The molecule has 2 rings (SSSR count). The molecule has 0 aromatic heterocycles. The summed E-state index contributed by atoms with van der Waals surface area (Å²) in [5.74, 6) is -2.11. The zero-order valence-corrected chi connectivity index (χ0v) is 17.7. The number of hydrogen-bond donors (Lipinski definition) is 5. The van der Waals surface area contributed by atoms with Crippen LogP contribution in [0.4, 0.5) is 0 Å². The number of ether oxygens (including phenoxy) is 6.